The number of halogens is 3. The van der Waals surface area contributed by atoms with Crippen LogP contribution >= 0.6 is 7.92 Å². The minimum atomic E-state index is -5.84. The van der Waals surface area contributed by atoms with Gasteiger partial charge in [0.2, 0.25) is 0 Å². The Hall–Kier alpha value is -2.81. The number of hydrogen-bond acceptors (Lipinski definition) is 5. The summed E-state index contributed by atoms with van der Waals surface area (Å²) < 4.78 is 74.9. The molecule has 39 heavy (non-hydrogen) atoms. The monoisotopic (exact) mass is 586 g/mol. The van der Waals surface area contributed by atoms with E-state index in [4.69, 9.17) is 27.2 Å². The van der Waals surface area contributed by atoms with Crippen LogP contribution in [-0.2, 0) is 10.1 Å². The van der Waals surface area contributed by atoms with Gasteiger partial charge in [-0.25, -0.2) is 0 Å². The smallest absolute Gasteiger partial charge is 0.494 e. The molecule has 214 valence electrons. The van der Waals surface area contributed by atoms with Gasteiger partial charge in [-0.05, 0) is 79.5 Å². The van der Waals surface area contributed by atoms with Crippen molar-refractivity contribution in [2.75, 3.05) is 19.8 Å². The predicted octanol–water partition coefficient (Wildman–Crippen LogP) is 6.21. The first-order chi connectivity index (χ1) is 18.5. The zero-order chi connectivity index (χ0) is 28.9. The van der Waals surface area contributed by atoms with Crippen LogP contribution in [0.1, 0.15) is 40.0 Å². The van der Waals surface area contributed by atoms with Crippen LogP contribution < -0.4 is 30.1 Å². The summed E-state index contributed by atoms with van der Waals surface area (Å²) in [6, 6.07) is 25.7. The standard InChI is InChI=1S/C27H33O3P.CHF3O3S/c1-4-19-28-22-7-13-25(14-8-22)31(26-15-9-23(10-16-26)29-20-5-2)27-17-11-24(12-18-27)30-21-6-3;2-1(3,4)8(5,6)7/h7-18H,4-6,19-21H2,1-3H3;(H,5,6,7). The lowest BCUT2D eigenvalue weighted by Crippen LogP contribution is -2.21. The number of hydrogen-bond donors (Lipinski definition) is 1. The maximum atomic E-state index is 10.7. The molecule has 11 heteroatoms. The topological polar surface area (TPSA) is 82.1 Å². The zero-order valence-corrected chi connectivity index (χ0v) is 23.9. The lowest BCUT2D eigenvalue weighted by molar-refractivity contribution is -0.0510. The van der Waals surface area contributed by atoms with Crippen LogP contribution in [0, 0.1) is 0 Å². The largest absolute Gasteiger partial charge is 0.522 e. The van der Waals surface area contributed by atoms with Crippen LogP contribution in [0.5, 0.6) is 17.2 Å². The Morgan fingerprint density at radius 1 is 0.615 bits per heavy atom. The number of rotatable bonds is 12. The molecule has 0 heterocycles. The highest BCUT2D eigenvalue weighted by Gasteiger charge is 2.44. The Balaban J connectivity index is 0.000000580. The molecule has 0 unspecified atom stereocenters. The van der Waals surface area contributed by atoms with E-state index in [0.29, 0.717) is 0 Å². The molecule has 0 amide bonds. The summed E-state index contributed by atoms with van der Waals surface area (Å²) in [5, 5.41) is 3.88. The second-order valence-electron chi connectivity index (χ2n) is 8.28. The van der Waals surface area contributed by atoms with Gasteiger partial charge in [0.05, 0.1) is 19.8 Å². The summed E-state index contributed by atoms with van der Waals surface area (Å²) in [4.78, 5) is 0. The lowest BCUT2D eigenvalue weighted by Gasteiger charge is -2.20. The fraction of sp³-hybridized carbons (Fsp3) is 0.357. The van der Waals surface area contributed by atoms with E-state index in [0.717, 1.165) is 56.3 Å². The molecular formula is C28H34F3O6PS. The summed E-state index contributed by atoms with van der Waals surface area (Å²) in [5.74, 6) is 2.77. The van der Waals surface area contributed by atoms with Crippen molar-refractivity contribution in [3.05, 3.63) is 72.8 Å². The summed E-state index contributed by atoms with van der Waals surface area (Å²) in [6.07, 6.45) is 3.02. The third-order valence-corrected chi connectivity index (χ3v) is 8.02. The first-order valence-corrected chi connectivity index (χ1v) is 15.3. The van der Waals surface area contributed by atoms with Gasteiger partial charge in [0.15, 0.2) is 0 Å². The van der Waals surface area contributed by atoms with Crippen molar-refractivity contribution in [1.82, 2.24) is 0 Å². The van der Waals surface area contributed by atoms with Gasteiger partial charge >= 0.3 is 15.6 Å². The van der Waals surface area contributed by atoms with E-state index in [2.05, 4.69) is 93.6 Å². The highest BCUT2D eigenvalue weighted by atomic mass is 32.2. The van der Waals surface area contributed by atoms with Crippen molar-refractivity contribution in [3.63, 3.8) is 0 Å². The van der Waals surface area contributed by atoms with E-state index in [1.807, 2.05) is 0 Å². The van der Waals surface area contributed by atoms with Crippen molar-refractivity contribution < 1.29 is 40.4 Å². The molecule has 0 aliphatic heterocycles. The van der Waals surface area contributed by atoms with E-state index >= 15 is 0 Å². The van der Waals surface area contributed by atoms with E-state index in [1.54, 1.807) is 0 Å². The van der Waals surface area contributed by atoms with E-state index in [1.165, 1.54) is 15.9 Å². The van der Waals surface area contributed by atoms with E-state index in [9.17, 15) is 13.2 Å². The number of benzene rings is 3. The van der Waals surface area contributed by atoms with Crippen LogP contribution in [0.25, 0.3) is 0 Å². The lowest BCUT2D eigenvalue weighted by atomic mass is 10.3. The maximum Gasteiger partial charge on any atom is 0.522 e. The Morgan fingerprint density at radius 3 is 1.03 bits per heavy atom. The Morgan fingerprint density at radius 2 is 0.846 bits per heavy atom. The summed E-state index contributed by atoms with van der Waals surface area (Å²) >= 11 is 0. The van der Waals surface area contributed by atoms with Gasteiger partial charge in [0.1, 0.15) is 17.2 Å². The third kappa shape index (κ3) is 10.7. The van der Waals surface area contributed by atoms with Crippen molar-refractivity contribution >= 4 is 34.0 Å². The van der Waals surface area contributed by atoms with Crippen LogP contribution in [0.4, 0.5) is 13.2 Å². The van der Waals surface area contributed by atoms with Gasteiger partial charge in [-0.15, -0.1) is 0 Å². The SMILES string of the molecule is CCCOc1ccc(P(c2ccc(OCCC)cc2)c2ccc(OCCC)cc2)cc1.O=S(=O)(O)C(F)(F)F. The molecule has 0 saturated heterocycles. The summed E-state index contributed by atoms with van der Waals surface area (Å²) in [7, 11) is -6.53. The molecule has 0 radical (unpaired) electrons. The van der Waals surface area contributed by atoms with Crippen LogP contribution in [0.15, 0.2) is 72.8 Å². The fourth-order valence-corrected chi connectivity index (χ4v) is 5.42. The molecule has 0 aliphatic rings. The normalized spacial score (nSPS) is 11.5. The first-order valence-electron chi connectivity index (χ1n) is 12.5. The minimum Gasteiger partial charge on any atom is -0.494 e. The van der Waals surface area contributed by atoms with Gasteiger partial charge in [-0.2, -0.15) is 21.6 Å². The van der Waals surface area contributed by atoms with Gasteiger partial charge < -0.3 is 14.2 Å². The molecule has 0 spiro atoms. The van der Waals surface area contributed by atoms with Gasteiger partial charge in [-0.3, -0.25) is 4.55 Å². The Labute approximate surface area is 229 Å². The Bertz CT molecular complexity index is 1090. The van der Waals surface area contributed by atoms with Gasteiger partial charge in [0, 0.05) is 0 Å². The molecule has 3 rings (SSSR count). The molecule has 0 atom stereocenters. The quantitative estimate of drug-likeness (QED) is 0.155. The zero-order valence-electron chi connectivity index (χ0n) is 22.1. The second kappa shape index (κ2) is 15.7. The molecule has 6 nitrogen and oxygen atoms in total. The van der Waals surface area contributed by atoms with Crippen molar-refractivity contribution in [3.8, 4) is 17.2 Å². The number of ether oxygens (including phenoxy) is 3. The Kier molecular flexibility index (Phi) is 13.0. The summed E-state index contributed by atoms with van der Waals surface area (Å²) in [5.41, 5.74) is -5.53. The number of alkyl halides is 3. The van der Waals surface area contributed by atoms with Gasteiger partial charge in [-0.1, -0.05) is 57.2 Å². The average molecular weight is 587 g/mol. The molecule has 0 saturated carbocycles. The molecule has 1 N–H and O–H groups in total. The summed E-state index contributed by atoms with van der Waals surface area (Å²) in [6.45, 7) is 8.59. The second-order valence-corrected chi connectivity index (χ2v) is 11.9. The maximum absolute atomic E-state index is 10.7. The predicted molar refractivity (Wildman–Crippen MR) is 150 cm³/mol. The molecule has 0 bridgehead atoms. The highest BCUT2D eigenvalue weighted by molar-refractivity contribution is 7.86. The average Bonchev–Trinajstić information content (AvgIpc) is 2.91. The van der Waals surface area contributed by atoms with Crippen LogP contribution in [0.2, 0.25) is 0 Å². The van der Waals surface area contributed by atoms with Crippen molar-refractivity contribution in [1.29, 1.82) is 0 Å². The van der Waals surface area contributed by atoms with Crippen molar-refractivity contribution in [2.45, 2.75) is 45.5 Å². The molecule has 0 aromatic heterocycles. The molecule has 3 aromatic rings. The molecule has 3 aromatic carbocycles. The van der Waals surface area contributed by atoms with Crippen molar-refractivity contribution in [2.24, 2.45) is 0 Å². The van der Waals surface area contributed by atoms with E-state index in [-0.39, 0.29) is 0 Å². The van der Waals surface area contributed by atoms with Crippen LogP contribution in [-0.4, -0.2) is 38.3 Å². The minimum absolute atomic E-state index is 0.688. The van der Waals surface area contributed by atoms with Crippen LogP contribution in [0.3, 0.4) is 0 Å². The first kappa shape index (κ1) is 32.4. The molecule has 0 aliphatic carbocycles. The molecule has 0 fully saturated rings. The van der Waals surface area contributed by atoms with Gasteiger partial charge in [0.25, 0.3) is 0 Å². The van der Waals surface area contributed by atoms with E-state index < -0.39 is 23.5 Å². The fourth-order valence-electron chi connectivity index (χ4n) is 3.18. The molecular weight excluding hydrogens is 552 g/mol. The highest BCUT2D eigenvalue weighted by Crippen LogP contribution is 2.34. The third-order valence-electron chi connectivity index (χ3n) is 5.00.